The Morgan fingerprint density at radius 2 is 1.76 bits per heavy atom. The zero-order chi connectivity index (χ0) is 11.9. The van der Waals surface area contributed by atoms with Gasteiger partial charge in [-0.2, -0.15) is 0 Å². The molecule has 1 saturated heterocycles. The summed E-state index contributed by atoms with van der Waals surface area (Å²) in [6.07, 6.45) is 5.23. The van der Waals surface area contributed by atoms with E-state index in [2.05, 4.69) is 4.90 Å². The Kier molecular flexibility index (Phi) is 4.80. The fourth-order valence-electron chi connectivity index (χ4n) is 2.21. The molecular weight excluding hydrogens is 217 g/mol. The molecular formula is C14H20FNO. The second-order valence-electron chi connectivity index (χ2n) is 4.53. The summed E-state index contributed by atoms with van der Waals surface area (Å²) in [5.41, 5.74) is 0. The van der Waals surface area contributed by atoms with Crippen LogP contribution in [0.1, 0.15) is 25.7 Å². The Morgan fingerprint density at radius 3 is 2.47 bits per heavy atom. The second-order valence-corrected chi connectivity index (χ2v) is 4.53. The monoisotopic (exact) mass is 237 g/mol. The first kappa shape index (κ1) is 12.4. The van der Waals surface area contributed by atoms with E-state index >= 15 is 0 Å². The Morgan fingerprint density at radius 1 is 1.06 bits per heavy atom. The second kappa shape index (κ2) is 6.60. The van der Waals surface area contributed by atoms with E-state index in [0.29, 0.717) is 12.4 Å². The summed E-state index contributed by atoms with van der Waals surface area (Å²) < 4.78 is 18.7. The summed E-state index contributed by atoms with van der Waals surface area (Å²) in [5.74, 6) is 0.0886. The van der Waals surface area contributed by atoms with Crippen molar-refractivity contribution in [2.75, 3.05) is 26.2 Å². The van der Waals surface area contributed by atoms with E-state index in [9.17, 15) is 4.39 Å². The molecule has 0 atom stereocenters. The van der Waals surface area contributed by atoms with Gasteiger partial charge in [0.2, 0.25) is 0 Å². The van der Waals surface area contributed by atoms with Gasteiger partial charge in [-0.3, -0.25) is 4.90 Å². The summed E-state index contributed by atoms with van der Waals surface area (Å²) in [6.45, 7) is 3.77. The van der Waals surface area contributed by atoms with Crippen LogP contribution < -0.4 is 4.74 Å². The van der Waals surface area contributed by atoms with Crippen molar-refractivity contribution in [2.45, 2.75) is 25.7 Å². The zero-order valence-electron chi connectivity index (χ0n) is 10.2. The molecule has 0 N–H and O–H groups in total. The van der Waals surface area contributed by atoms with Gasteiger partial charge >= 0.3 is 0 Å². The first-order valence-electron chi connectivity index (χ1n) is 6.46. The molecule has 1 aliphatic heterocycles. The van der Waals surface area contributed by atoms with Crippen LogP contribution >= 0.6 is 0 Å². The maximum absolute atomic E-state index is 13.3. The number of ether oxygens (including phenoxy) is 1. The molecule has 17 heavy (non-hydrogen) atoms. The van der Waals surface area contributed by atoms with Gasteiger partial charge in [0, 0.05) is 6.54 Å². The molecule has 0 aromatic heterocycles. The van der Waals surface area contributed by atoms with Gasteiger partial charge in [-0.25, -0.2) is 4.39 Å². The minimum Gasteiger partial charge on any atom is -0.489 e. The minimum atomic E-state index is -0.275. The topological polar surface area (TPSA) is 12.5 Å². The van der Waals surface area contributed by atoms with Gasteiger partial charge < -0.3 is 4.74 Å². The van der Waals surface area contributed by atoms with E-state index in [4.69, 9.17) is 4.74 Å². The lowest BCUT2D eigenvalue weighted by atomic mass is 10.2. The summed E-state index contributed by atoms with van der Waals surface area (Å²) in [4.78, 5) is 2.41. The maximum Gasteiger partial charge on any atom is 0.165 e. The average Bonchev–Trinajstić information content (AvgIpc) is 2.60. The highest BCUT2D eigenvalue weighted by molar-refractivity contribution is 5.23. The molecule has 0 bridgehead atoms. The van der Waals surface area contributed by atoms with Crippen LogP contribution in [0.15, 0.2) is 24.3 Å². The van der Waals surface area contributed by atoms with Crippen molar-refractivity contribution in [1.82, 2.24) is 4.90 Å². The Hall–Kier alpha value is -1.09. The third-order valence-corrected chi connectivity index (χ3v) is 3.20. The molecule has 1 aromatic carbocycles. The smallest absolute Gasteiger partial charge is 0.165 e. The lowest BCUT2D eigenvalue weighted by Gasteiger charge is -2.19. The molecule has 0 saturated carbocycles. The molecule has 1 aromatic rings. The van der Waals surface area contributed by atoms with Crippen molar-refractivity contribution in [3.63, 3.8) is 0 Å². The molecule has 1 heterocycles. The van der Waals surface area contributed by atoms with Crippen LogP contribution in [-0.4, -0.2) is 31.1 Å². The van der Waals surface area contributed by atoms with Gasteiger partial charge in [0.15, 0.2) is 11.6 Å². The normalized spacial score (nSPS) is 17.7. The fourth-order valence-corrected chi connectivity index (χ4v) is 2.21. The Labute approximate surface area is 102 Å². The van der Waals surface area contributed by atoms with Crippen molar-refractivity contribution < 1.29 is 9.13 Å². The number of rotatable bonds is 4. The van der Waals surface area contributed by atoms with E-state index in [-0.39, 0.29) is 5.82 Å². The summed E-state index contributed by atoms with van der Waals surface area (Å²) in [5, 5.41) is 0. The number of para-hydroxylation sites is 1. The van der Waals surface area contributed by atoms with Crippen LogP contribution in [0.2, 0.25) is 0 Å². The zero-order valence-corrected chi connectivity index (χ0v) is 10.2. The highest BCUT2D eigenvalue weighted by Crippen LogP contribution is 2.15. The molecule has 1 fully saturated rings. The largest absolute Gasteiger partial charge is 0.489 e. The molecule has 0 aliphatic carbocycles. The van der Waals surface area contributed by atoms with E-state index in [1.165, 1.54) is 31.7 Å². The van der Waals surface area contributed by atoms with Crippen LogP contribution in [0.25, 0.3) is 0 Å². The standard InChI is InChI=1S/C14H20FNO/c15-13-7-3-4-8-14(13)17-12-11-16-9-5-1-2-6-10-16/h3-4,7-8H,1-2,5-6,9-12H2. The van der Waals surface area contributed by atoms with E-state index in [1.807, 2.05) is 0 Å². The van der Waals surface area contributed by atoms with Gasteiger partial charge in [0.1, 0.15) is 6.61 Å². The van der Waals surface area contributed by atoms with Crippen molar-refractivity contribution in [2.24, 2.45) is 0 Å². The molecule has 94 valence electrons. The third kappa shape index (κ3) is 4.00. The number of likely N-dealkylation sites (tertiary alicyclic amines) is 1. The van der Waals surface area contributed by atoms with E-state index in [1.54, 1.807) is 18.2 Å². The van der Waals surface area contributed by atoms with E-state index < -0.39 is 0 Å². The predicted octanol–water partition coefficient (Wildman–Crippen LogP) is 3.08. The van der Waals surface area contributed by atoms with Gasteiger partial charge in [-0.1, -0.05) is 25.0 Å². The highest BCUT2D eigenvalue weighted by Gasteiger charge is 2.09. The highest BCUT2D eigenvalue weighted by atomic mass is 19.1. The Balaban J connectivity index is 1.73. The molecule has 0 amide bonds. The summed E-state index contributed by atoms with van der Waals surface area (Å²) in [6, 6.07) is 6.58. The molecule has 2 rings (SSSR count). The number of benzene rings is 1. The third-order valence-electron chi connectivity index (χ3n) is 3.20. The van der Waals surface area contributed by atoms with Gasteiger partial charge in [-0.15, -0.1) is 0 Å². The van der Waals surface area contributed by atoms with Gasteiger partial charge in [-0.05, 0) is 38.1 Å². The van der Waals surface area contributed by atoms with Crippen LogP contribution in [0.4, 0.5) is 4.39 Å². The van der Waals surface area contributed by atoms with Crippen LogP contribution in [0.3, 0.4) is 0 Å². The predicted molar refractivity (Wildman–Crippen MR) is 66.8 cm³/mol. The van der Waals surface area contributed by atoms with Crippen LogP contribution in [0, 0.1) is 5.82 Å². The van der Waals surface area contributed by atoms with Crippen LogP contribution in [-0.2, 0) is 0 Å². The fraction of sp³-hybridized carbons (Fsp3) is 0.571. The lowest BCUT2D eigenvalue weighted by Crippen LogP contribution is -2.29. The van der Waals surface area contributed by atoms with E-state index in [0.717, 1.165) is 19.6 Å². The van der Waals surface area contributed by atoms with Crippen LogP contribution in [0.5, 0.6) is 5.75 Å². The summed E-state index contributed by atoms with van der Waals surface area (Å²) in [7, 11) is 0. The molecule has 2 nitrogen and oxygen atoms in total. The quantitative estimate of drug-likeness (QED) is 0.798. The van der Waals surface area contributed by atoms with Gasteiger partial charge in [0.05, 0.1) is 0 Å². The SMILES string of the molecule is Fc1ccccc1OCCN1CCCCCC1. The van der Waals surface area contributed by atoms with Crippen molar-refractivity contribution >= 4 is 0 Å². The number of hydrogen-bond donors (Lipinski definition) is 0. The number of hydrogen-bond acceptors (Lipinski definition) is 2. The van der Waals surface area contributed by atoms with Gasteiger partial charge in [0.25, 0.3) is 0 Å². The number of nitrogens with zero attached hydrogens (tertiary/aromatic N) is 1. The molecule has 1 aliphatic rings. The molecule has 0 radical (unpaired) electrons. The molecule has 3 heteroatoms. The van der Waals surface area contributed by atoms with Crippen molar-refractivity contribution in [3.05, 3.63) is 30.1 Å². The maximum atomic E-state index is 13.3. The van der Waals surface area contributed by atoms with Crippen molar-refractivity contribution in [1.29, 1.82) is 0 Å². The molecule has 0 spiro atoms. The first-order valence-corrected chi connectivity index (χ1v) is 6.46. The molecule has 0 unspecified atom stereocenters. The average molecular weight is 237 g/mol. The number of halogens is 1. The summed E-state index contributed by atoms with van der Waals surface area (Å²) >= 11 is 0. The lowest BCUT2D eigenvalue weighted by molar-refractivity contribution is 0.209. The Bertz CT molecular complexity index is 335. The first-order chi connectivity index (χ1) is 8.36. The minimum absolute atomic E-state index is 0.275. The van der Waals surface area contributed by atoms with Crippen molar-refractivity contribution in [3.8, 4) is 5.75 Å².